The van der Waals surface area contributed by atoms with E-state index in [1.807, 2.05) is 24.3 Å². The quantitative estimate of drug-likeness (QED) is 0.861. The number of halogens is 1. The Bertz CT molecular complexity index is 871. The van der Waals surface area contributed by atoms with E-state index in [0.717, 1.165) is 43.4 Å². The standard InChI is InChI=1S/C19H19ClN2O3/c20-14-9-12(11-21-18(14)24)17(23)22-15-10-19(7-3-4-8-19)25-16-6-2-1-5-13(15)16/h1-2,5-6,9,11,15H,3-4,7-8,10H2,(H,21,24)(H,22,23)/t15-/m1/s1. The molecule has 2 N–H and O–H groups in total. The molecule has 1 aromatic heterocycles. The van der Waals surface area contributed by atoms with Gasteiger partial charge in [0, 0.05) is 18.2 Å². The minimum Gasteiger partial charge on any atom is -0.487 e. The van der Waals surface area contributed by atoms with Crippen LogP contribution in [0.25, 0.3) is 0 Å². The molecule has 25 heavy (non-hydrogen) atoms. The van der Waals surface area contributed by atoms with E-state index in [1.54, 1.807) is 0 Å². The summed E-state index contributed by atoms with van der Waals surface area (Å²) in [5.74, 6) is 0.591. The number of H-pyrrole nitrogens is 1. The number of rotatable bonds is 2. The van der Waals surface area contributed by atoms with E-state index >= 15 is 0 Å². The highest BCUT2D eigenvalue weighted by Crippen LogP contribution is 2.47. The molecule has 1 spiro atoms. The summed E-state index contributed by atoms with van der Waals surface area (Å²) in [7, 11) is 0. The Kier molecular flexibility index (Phi) is 4.04. The number of carbonyl (C=O) groups is 1. The topological polar surface area (TPSA) is 71.2 Å². The van der Waals surface area contributed by atoms with Crippen LogP contribution in [0.15, 0.2) is 41.3 Å². The predicted molar refractivity (Wildman–Crippen MR) is 95.2 cm³/mol. The van der Waals surface area contributed by atoms with Gasteiger partial charge < -0.3 is 15.0 Å². The predicted octanol–water partition coefficient (Wildman–Crippen LogP) is 3.59. The van der Waals surface area contributed by atoms with Crippen LogP contribution in [0.1, 0.15) is 54.1 Å². The van der Waals surface area contributed by atoms with Crippen LogP contribution < -0.4 is 15.6 Å². The fourth-order valence-electron chi connectivity index (χ4n) is 3.90. The van der Waals surface area contributed by atoms with Crippen LogP contribution in [0.3, 0.4) is 0 Å². The third-order valence-corrected chi connectivity index (χ3v) is 5.42. The van der Waals surface area contributed by atoms with Crippen molar-refractivity contribution in [1.82, 2.24) is 10.3 Å². The summed E-state index contributed by atoms with van der Waals surface area (Å²) in [6.07, 6.45) is 6.47. The van der Waals surface area contributed by atoms with Gasteiger partial charge in [0.2, 0.25) is 0 Å². The molecule has 0 radical (unpaired) electrons. The molecule has 1 aliphatic carbocycles. The summed E-state index contributed by atoms with van der Waals surface area (Å²) < 4.78 is 6.31. The molecule has 2 aliphatic rings. The maximum atomic E-state index is 12.7. The molecular weight excluding hydrogens is 340 g/mol. The Balaban J connectivity index is 1.63. The largest absolute Gasteiger partial charge is 0.487 e. The molecule has 1 aromatic carbocycles. The Labute approximate surface area is 150 Å². The van der Waals surface area contributed by atoms with Crippen LogP contribution >= 0.6 is 11.6 Å². The first kappa shape index (κ1) is 16.2. The van der Waals surface area contributed by atoms with Crippen molar-refractivity contribution in [2.75, 3.05) is 0 Å². The Morgan fingerprint density at radius 2 is 2.04 bits per heavy atom. The molecule has 130 valence electrons. The summed E-state index contributed by atoms with van der Waals surface area (Å²) in [5.41, 5.74) is 0.743. The molecule has 2 heterocycles. The van der Waals surface area contributed by atoms with Gasteiger partial charge in [0.25, 0.3) is 11.5 Å². The molecule has 6 heteroatoms. The number of benzene rings is 1. The molecule has 0 bridgehead atoms. The zero-order valence-electron chi connectivity index (χ0n) is 13.7. The summed E-state index contributed by atoms with van der Waals surface area (Å²) in [6, 6.07) is 9.12. The SMILES string of the molecule is O=C(N[C@@H]1CC2(CCCC2)Oc2ccccc21)c1c[nH]c(=O)c(Cl)c1. The van der Waals surface area contributed by atoms with E-state index < -0.39 is 5.56 Å². The summed E-state index contributed by atoms with van der Waals surface area (Å²) >= 11 is 5.84. The molecule has 5 nitrogen and oxygen atoms in total. The van der Waals surface area contributed by atoms with E-state index in [2.05, 4.69) is 10.3 Å². The number of carbonyl (C=O) groups excluding carboxylic acids is 1. The molecule has 1 amide bonds. The number of aromatic amines is 1. The van der Waals surface area contributed by atoms with Crippen LogP contribution in [0, 0.1) is 0 Å². The van der Waals surface area contributed by atoms with Crippen molar-refractivity contribution >= 4 is 17.5 Å². The molecule has 1 aliphatic heterocycles. The van der Waals surface area contributed by atoms with Crippen LogP contribution in [-0.2, 0) is 0 Å². The van der Waals surface area contributed by atoms with Gasteiger partial charge in [-0.25, -0.2) is 0 Å². The lowest BCUT2D eigenvalue weighted by Crippen LogP contribution is -2.43. The molecule has 2 aromatic rings. The highest BCUT2D eigenvalue weighted by molar-refractivity contribution is 6.30. The average Bonchev–Trinajstić information content (AvgIpc) is 3.04. The number of hydrogen-bond donors (Lipinski definition) is 2. The van der Waals surface area contributed by atoms with Crippen LogP contribution in [-0.4, -0.2) is 16.5 Å². The highest BCUT2D eigenvalue weighted by atomic mass is 35.5. The second kappa shape index (κ2) is 6.23. The second-order valence-electron chi connectivity index (χ2n) is 6.83. The monoisotopic (exact) mass is 358 g/mol. The fraction of sp³-hybridized carbons (Fsp3) is 0.368. The normalized spacial score (nSPS) is 20.8. The van der Waals surface area contributed by atoms with Crippen molar-refractivity contribution in [3.8, 4) is 5.75 Å². The van der Waals surface area contributed by atoms with Gasteiger partial charge in [0.1, 0.15) is 16.4 Å². The first-order valence-corrected chi connectivity index (χ1v) is 8.91. The zero-order chi connectivity index (χ0) is 17.4. The molecule has 4 rings (SSSR count). The lowest BCUT2D eigenvalue weighted by Gasteiger charge is -2.40. The third-order valence-electron chi connectivity index (χ3n) is 5.14. The first-order valence-electron chi connectivity index (χ1n) is 8.53. The smallest absolute Gasteiger partial charge is 0.266 e. The molecule has 0 saturated heterocycles. The van der Waals surface area contributed by atoms with Crippen molar-refractivity contribution in [3.63, 3.8) is 0 Å². The minimum absolute atomic E-state index is 0.00675. The van der Waals surface area contributed by atoms with Gasteiger partial charge >= 0.3 is 0 Å². The highest BCUT2D eigenvalue weighted by Gasteiger charge is 2.43. The molecule has 1 fully saturated rings. The summed E-state index contributed by atoms with van der Waals surface area (Å²) in [5, 5.41) is 3.10. The van der Waals surface area contributed by atoms with Crippen molar-refractivity contribution in [1.29, 1.82) is 0 Å². The third kappa shape index (κ3) is 3.04. The van der Waals surface area contributed by atoms with Crippen LogP contribution in [0.2, 0.25) is 5.02 Å². The number of fused-ring (bicyclic) bond motifs is 1. The van der Waals surface area contributed by atoms with E-state index in [-0.39, 0.29) is 22.6 Å². The number of ether oxygens (including phenoxy) is 1. The number of nitrogens with one attached hydrogen (secondary N) is 2. The average molecular weight is 359 g/mol. The van der Waals surface area contributed by atoms with Crippen molar-refractivity contribution in [2.45, 2.75) is 43.7 Å². The lowest BCUT2D eigenvalue weighted by atomic mass is 9.86. The van der Waals surface area contributed by atoms with Crippen LogP contribution in [0.4, 0.5) is 0 Å². The fourth-order valence-corrected chi connectivity index (χ4v) is 4.07. The molecule has 0 unspecified atom stereocenters. The van der Waals surface area contributed by atoms with Gasteiger partial charge in [0.05, 0.1) is 11.6 Å². The van der Waals surface area contributed by atoms with Gasteiger partial charge in [-0.15, -0.1) is 0 Å². The van der Waals surface area contributed by atoms with Gasteiger partial charge in [-0.3, -0.25) is 9.59 Å². The number of hydrogen-bond acceptors (Lipinski definition) is 3. The Morgan fingerprint density at radius 1 is 1.28 bits per heavy atom. The van der Waals surface area contributed by atoms with Crippen molar-refractivity contribution in [3.05, 3.63) is 63.0 Å². The maximum Gasteiger partial charge on any atom is 0.266 e. The first-order chi connectivity index (χ1) is 12.1. The maximum absolute atomic E-state index is 12.7. The van der Waals surface area contributed by atoms with E-state index in [9.17, 15) is 9.59 Å². The Morgan fingerprint density at radius 3 is 2.80 bits per heavy atom. The van der Waals surface area contributed by atoms with E-state index in [4.69, 9.17) is 16.3 Å². The number of amides is 1. The molecule has 1 saturated carbocycles. The number of aromatic nitrogens is 1. The zero-order valence-corrected chi connectivity index (χ0v) is 14.4. The van der Waals surface area contributed by atoms with Crippen molar-refractivity contribution in [2.24, 2.45) is 0 Å². The minimum atomic E-state index is -0.403. The van der Waals surface area contributed by atoms with E-state index in [1.165, 1.54) is 12.3 Å². The number of pyridine rings is 1. The van der Waals surface area contributed by atoms with Gasteiger partial charge in [-0.05, 0) is 37.8 Å². The Hall–Kier alpha value is -2.27. The second-order valence-corrected chi connectivity index (χ2v) is 7.23. The molecular formula is C19H19ClN2O3. The van der Waals surface area contributed by atoms with Gasteiger partial charge in [-0.2, -0.15) is 0 Å². The van der Waals surface area contributed by atoms with Gasteiger partial charge in [0.15, 0.2) is 0 Å². The summed E-state index contributed by atoms with van der Waals surface area (Å²) in [4.78, 5) is 26.5. The summed E-state index contributed by atoms with van der Waals surface area (Å²) in [6.45, 7) is 0. The van der Waals surface area contributed by atoms with E-state index in [0.29, 0.717) is 5.56 Å². The molecule has 1 atom stereocenters. The lowest BCUT2D eigenvalue weighted by molar-refractivity contribution is 0.0360. The van der Waals surface area contributed by atoms with Crippen LogP contribution in [0.5, 0.6) is 5.75 Å². The van der Waals surface area contributed by atoms with Gasteiger partial charge in [-0.1, -0.05) is 29.8 Å². The van der Waals surface area contributed by atoms with Crippen molar-refractivity contribution < 1.29 is 9.53 Å². The number of para-hydroxylation sites is 1.